The molecule has 3 nitrogen and oxygen atoms in total. The Morgan fingerprint density at radius 3 is 2.22 bits per heavy atom. The highest BCUT2D eigenvalue weighted by Gasteiger charge is 2.17. The zero-order valence-corrected chi connectivity index (χ0v) is 13.6. The van der Waals surface area contributed by atoms with Gasteiger partial charge in [0.25, 0.3) is 0 Å². The number of ketones is 1. The maximum absolute atomic E-state index is 12.9. The minimum atomic E-state index is -0.0844. The first kappa shape index (κ1) is 15.4. The summed E-state index contributed by atoms with van der Waals surface area (Å²) in [5.41, 5.74) is 1.15. The number of methoxy groups -OCH3 is 2. The molecule has 0 saturated heterocycles. The van der Waals surface area contributed by atoms with Crippen LogP contribution in [0.2, 0.25) is 5.02 Å². The molecule has 0 saturated carbocycles. The Kier molecular flexibility index (Phi) is 4.22. The van der Waals surface area contributed by atoms with E-state index in [1.54, 1.807) is 50.6 Å². The van der Waals surface area contributed by atoms with Crippen LogP contribution in [0.15, 0.2) is 54.6 Å². The fourth-order valence-electron chi connectivity index (χ4n) is 2.64. The first-order chi connectivity index (χ1) is 11.2. The van der Waals surface area contributed by atoms with Crippen molar-refractivity contribution < 1.29 is 14.3 Å². The zero-order chi connectivity index (χ0) is 16.4. The smallest absolute Gasteiger partial charge is 0.193 e. The number of fused-ring (bicyclic) bond motifs is 1. The fourth-order valence-corrected chi connectivity index (χ4v) is 2.77. The van der Waals surface area contributed by atoms with Gasteiger partial charge >= 0.3 is 0 Å². The lowest BCUT2D eigenvalue weighted by atomic mass is 9.96. The van der Waals surface area contributed by atoms with Crippen molar-refractivity contribution in [2.75, 3.05) is 14.2 Å². The number of hydrogen-bond donors (Lipinski definition) is 0. The van der Waals surface area contributed by atoms with Crippen LogP contribution in [0.3, 0.4) is 0 Å². The fraction of sp³-hybridized carbons (Fsp3) is 0.105. The van der Waals surface area contributed by atoms with E-state index < -0.39 is 0 Å². The number of carbonyl (C=O) groups excluding carboxylic acids is 1. The van der Waals surface area contributed by atoms with Crippen LogP contribution in [0, 0.1) is 0 Å². The van der Waals surface area contributed by atoms with Crippen molar-refractivity contribution in [3.8, 4) is 11.5 Å². The van der Waals surface area contributed by atoms with Gasteiger partial charge in [-0.3, -0.25) is 4.79 Å². The molecular weight excluding hydrogens is 312 g/mol. The molecule has 0 radical (unpaired) electrons. The minimum Gasteiger partial charge on any atom is -0.496 e. The second kappa shape index (κ2) is 6.31. The van der Waals surface area contributed by atoms with Crippen LogP contribution in [0.4, 0.5) is 0 Å². The molecule has 0 bridgehead atoms. The van der Waals surface area contributed by atoms with Crippen molar-refractivity contribution in [2.24, 2.45) is 0 Å². The van der Waals surface area contributed by atoms with Gasteiger partial charge < -0.3 is 9.47 Å². The van der Waals surface area contributed by atoms with Crippen molar-refractivity contribution in [3.63, 3.8) is 0 Å². The third-order valence-electron chi connectivity index (χ3n) is 3.75. The Morgan fingerprint density at radius 2 is 1.57 bits per heavy atom. The molecule has 0 aliphatic carbocycles. The Labute approximate surface area is 139 Å². The van der Waals surface area contributed by atoms with Crippen LogP contribution in [-0.2, 0) is 0 Å². The maximum Gasteiger partial charge on any atom is 0.193 e. The summed E-state index contributed by atoms with van der Waals surface area (Å²) in [5, 5.41) is 2.18. The van der Waals surface area contributed by atoms with Gasteiger partial charge in [0.2, 0.25) is 0 Å². The van der Waals surface area contributed by atoms with Gasteiger partial charge in [-0.25, -0.2) is 0 Å². The van der Waals surface area contributed by atoms with E-state index in [4.69, 9.17) is 21.1 Å². The quantitative estimate of drug-likeness (QED) is 0.649. The van der Waals surface area contributed by atoms with E-state index in [2.05, 4.69) is 0 Å². The van der Waals surface area contributed by atoms with Crippen molar-refractivity contribution in [1.29, 1.82) is 0 Å². The standard InChI is InChI=1S/C19H15ClO3/c1-22-16-11-10-15(18-14(16)4-3-5-17(18)23-2)19(21)12-6-8-13(20)9-7-12/h3-11H,1-2H3. The molecule has 0 aliphatic heterocycles. The van der Waals surface area contributed by atoms with Gasteiger partial charge in [-0.05, 0) is 42.5 Å². The summed E-state index contributed by atoms with van der Waals surface area (Å²) >= 11 is 5.90. The molecule has 0 fully saturated rings. The first-order valence-corrected chi connectivity index (χ1v) is 7.47. The normalized spacial score (nSPS) is 10.6. The number of hydrogen-bond acceptors (Lipinski definition) is 3. The SMILES string of the molecule is COc1ccc(C(=O)c2ccc(Cl)cc2)c2c(OC)cccc12. The molecular formula is C19H15ClO3. The van der Waals surface area contributed by atoms with Crippen molar-refractivity contribution in [2.45, 2.75) is 0 Å². The Balaban J connectivity index is 2.25. The lowest BCUT2D eigenvalue weighted by molar-refractivity contribution is 0.104. The number of benzene rings is 3. The second-order valence-electron chi connectivity index (χ2n) is 5.03. The van der Waals surface area contributed by atoms with Gasteiger partial charge in [0.1, 0.15) is 11.5 Å². The molecule has 0 unspecified atom stereocenters. The van der Waals surface area contributed by atoms with Gasteiger partial charge in [0.15, 0.2) is 5.78 Å². The lowest BCUT2D eigenvalue weighted by Crippen LogP contribution is -2.03. The molecule has 116 valence electrons. The van der Waals surface area contributed by atoms with Crippen LogP contribution in [0.5, 0.6) is 11.5 Å². The van der Waals surface area contributed by atoms with Crippen molar-refractivity contribution in [1.82, 2.24) is 0 Å². The molecule has 3 aromatic rings. The van der Waals surface area contributed by atoms with E-state index in [0.717, 1.165) is 10.8 Å². The first-order valence-electron chi connectivity index (χ1n) is 7.09. The van der Waals surface area contributed by atoms with Crippen LogP contribution in [0.25, 0.3) is 10.8 Å². The molecule has 0 heterocycles. The number of halogens is 1. The topological polar surface area (TPSA) is 35.5 Å². The molecule has 0 amide bonds. The monoisotopic (exact) mass is 326 g/mol. The Bertz CT molecular complexity index is 870. The molecule has 0 spiro atoms. The second-order valence-corrected chi connectivity index (χ2v) is 5.47. The highest BCUT2D eigenvalue weighted by Crippen LogP contribution is 2.36. The number of rotatable bonds is 4. The average molecular weight is 327 g/mol. The van der Waals surface area contributed by atoms with E-state index >= 15 is 0 Å². The minimum absolute atomic E-state index is 0.0844. The summed E-state index contributed by atoms with van der Waals surface area (Å²) in [6.45, 7) is 0. The summed E-state index contributed by atoms with van der Waals surface area (Å²) in [6, 6.07) is 16.0. The molecule has 3 aromatic carbocycles. The molecule has 4 heteroatoms. The van der Waals surface area contributed by atoms with Crippen LogP contribution in [-0.4, -0.2) is 20.0 Å². The zero-order valence-electron chi connectivity index (χ0n) is 12.8. The summed E-state index contributed by atoms with van der Waals surface area (Å²) in [5.74, 6) is 1.25. The van der Waals surface area contributed by atoms with Crippen molar-refractivity contribution >= 4 is 28.2 Å². The van der Waals surface area contributed by atoms with Gasteiger partial charge in [0, 0.05) is 26.9 Å². The summed E-state index contributed by atoms with van der Waals surface area (Å²) in [6.07, 6.45) is 0. The highest BCUT2D eigenvalue weighted by molar-refractivity contribution is 6.30. The summed E-state index contributed by atoms with van der Waals surface area (Å²) < 4.78 is 10.8. The Morgan fingerprint density at radius 1 is 0.870 bits per heavy atom. The van der Waals surface area contributed by atoms with E-state index in [-0.39, 0.29) is 5.78 Å². The number of carbonyl (C=O) groups is 1. The van der Waals surface area contributed by atoms with Gasteiger partial charge in [-0.2, -0.15) is 0 Å². The lowest BCUT2D eigenvalue weighted by Gasteiger charge is -2.13. The maximum atomic E-state index is 12.9. The van der Waals surface area contributed by atoms with E-state index in [0.29, 0.717) is 27.6 Å². The predicted octanol–water partition coefficient (Wildman–Crippen LogP) is 4.74. The molecule has 0 aromatic heterocycles. The molecule has 0 aliphatic rings. The molecule has 23 heavy (non-hydrogen) atoms. The highest BCUT2D eigenvalue weighted by atomic mass is 35.5. The third-order valence-corrected chi connectivity index (χ3v) is 4.01. The molecule has 0 atom stereocenters. The van der Waals surface area contributed by atoms with Gasteiger partial charge in [0.05, 0.1) is 14.2 Å². The van der Waals surface area contributed by atoms with E-state index in [9.17, 15) is 4.79 Å². The van der Waals surface area contributed by atoms with E-state index in [1.807, 2.05) is 18.2 Å². The van der Waals surface area contributed by atoms with Crippen molar-refractivity contribution in [3.05, 3.63) is 70.7 Å². The average Bonchev–Trinajstić information content (AvgIpc) is 2.60. The molecule has 0 N–H and O–H groups in total. The van der Waals surface area contributed by atoms with Gasteiger partial charge in [-0.1, -0.05) is 23.7 Å². The third kappa shape index (κ3) is 2.76. The van der Waals surface area contributed by atoms with Crippen LogP contribution in [0.1, 0.15) is 15.9 Å². The van der Waals surface area contributed by atoms with Crippen LogP contribution >= 0.6 is 11.6 Å². The Hall–Kier alpha value is -2.52. The largest absolute Gasteiger partial charge is 0.496 e. The van der Waals surface area contributed by atoms with E-state index in [1.165, 1.54) is 0 Å². The predicted molar refractivity (Wildman–Crippen MR) is 91.9 cm³/mol. The van der Waals surface area contributed by atoms with Gasteiger partial charge in [-0.15, -0.1) is 0 Å². The summed E-state index contributed by atoms with van der Waals surface area (Å²) in [7, 11) is 3.19. The van der Waals surface area contributed by atoms with Crippen LogP contribution < -0.4 is 9.47 Å². The summed E-state index contributed by atoms with van der Waals surface area (Å²) in [4.78, 5) is 12.9. The molecule has 3 rings (SSSR count). The number of ether oxygens (including phenoxy) is 2.